The molecule has 0 saturated carbocycles. The summed E-state index contributed by atoms with van der Waals surface area (Å²) in [5, 5.41) is 0. The van der Waals surface area contributed by atoms with Crippen molar-refractivity contribution >= 4 is 11.0 Å². The number of hydrogen-bond acceptors (Lipinski definition) is 1. The quantitative estimate of drug-likeness (QED) is 0.427. The van der Waals surface area contributed by atoms with Gasteiger partial charge in [-0.25, -0.2) is 4.79 Å². The average molecular weight is 158 g/mol. The van der Waals surface area contributed by atoms with Crippen LogP contribution in [0.2, 0.25) is 0 Å². The van der Waals surface area contributed by atoms with E-state index in [0.717, 1.165) is 11.0 Å². The van der Waals surface area contributed by atoms with E-state index in [-0.39, 0.29) is 36.7 Å². The number of imidazole rings is 1. The number of para-hydroxylation sites is 2. The first-order valence-electron chi connectivity index (χ1n) is 3.03. The molecule has 2 rings (SSSR count). The number of nitrogens with one attached hydrogen (secondary N) is 2. The van der Waals surface area contributed by atoms with Gasteiger partial charge in [0.25, 0.3) is 0 Å². The van der Waals surface area contributed by atoms with Crippen LogP contribution in [0, 0.1) is 0 Å². The third-order valence-corrected chi connectivity index (χ3v) is 1.42. The van der Waals surface area contributed by atoms with E-state index < -0.39 is 0 Å². The molecule has 1 aromatic heterocycles. The summed E-state index contributed by atoms with van der Waals surface area (Å²) in [6.07, 6.45) is 0. The van der Waals surface area contributed by atoms with Crippen molar-refractivity contribution in [3.05, 3.63) is 34.7 Å². The van der Waals surface area contributed by atoms with Gasteiger partial charge in [-0.15, -0.1) is 0 Å². The third-order valence-electron chi connectivity index (χ3n) is 1.42. The van der Waals surface area contributed by atoms with Gasteiger partial charge < -0.3 is 11.4 Å². The smallest absolute Gasteiger partial charge is 1.00 e. The number of aromatic nitrogens is 2. The molecule has 0 aliphatic heterocycles. The van der Waals surface area contributed by atoms with E-state index in [2.05, 4.69) is 9.97 Å². The molecular formula is C7H7N2NaO. The Morgan fingerprint density at radius 3 is 2.00 bits per heavy atom. The second kappa shape index (κ2) is 3.26. The topological polar surface area (TPSA) is 48.6 Å². The van der Waals surface area contributed by atoms with Crippen molar-refractivity contribution in [2.45, 2.75) is 0 Å². The Balaban J connectivity index is 0.000000605. The summed E-state index contributed by atoms with van der Waals surface area (Å²) in [5.74, 6) is 0. The van der Waals surface area contributed by atoms with Gasteiger partial charge >= 0.3 is 35.2 Å². The number of rotatable bonds is 0. The van der Waals surface area contributed by atoms with Crippen LogP contribution in [0.1, 0.15) is 1.43 Å². The minimum atomic E-state index is -0.152. The Labute approximate surface area is 86.6 Å². The molecule has 0 saturated heterocycles. The van der Waals surface area contributed by atoms with Crippen LogP contribution in [0.25, 0.3) is 11.0 Å². The fourth-order valence-electron chi connectivity index (χ4n) is 0.977. The second-order valence-electron chi connectivity index (χ2n) is 2.12. The molecule has 0 atom stereocenters. The Bertz CT molecular complexity index is 373. The van der Waals surface area contributed by atoms with E-state index in [1.54, 1.807) is 0 Å². The molecule has 0 aliphatic carbocycles. The number of aromatic amines is 2. The average Bonchev–Trinajstić information content (AvgIpc) is 2.27. The maximum Gasteiger partial charge on any atom is 1.00 e. The summed E-state index contributed by atoms with van der Waals surface area (Å²) in [5.41, 5.74) is 1.56. The molecule has 0 bridgehead atoms. The number of fused-ring (bicyclic) bond motifs is 1. The van der Waals surface area contributed by atoms with Gasteiger partial charge in [-0.3, -0.25) is 0 Å². The van der Waals surface area contributed by atoms with E-state index in [9.17, 15) is 4.79 Å². The predicted molar refractivity (Wildman–Crippen MR) is 40.0 cm³/mol. The molecule has 0 unspecified atom stereocenters. The van der Waals surface area contributed by atoms with E-state index in [1.165, 1.54) is 0 Å². The van der Waals surface area contributed by atoms with Crippen LogP contribution >= 0.6 is 0 Å². The standard InChI is InChI=1S/C7H6N2O.Na.H/c10-7-8-5-3-1-2-4-6(5)9-7;;/h1-4H,(H2,8,9,10);;/q;+1;-1. The van der Waals surface area contributed by atoms with Crippen molar-refractivity contribution in [3.63, 3.8) is 0 Å². The SMILES string of the molecule is O=c1[nH]c2ccccc2[nH]1.[H-].[Na+]. The minimum absolute atomic E-state index is 0. The summed E-state index contributed by atoms with van der Waals surface area (Å²) in [7, 11) is 0. The van der Waals surface area contributed by atoms with Crippen LogP contribution in [-0.4, -0.2) is 9.97 Å². The Morgan fingerprint density at radius 2 is 1.55 bits per heavy atom. The van der Waals surface area contributed by atoms with Crippen LogP contribution < -0.4 is 35.2 Å². The summed E-state index contributed by atoms with van der Waals surface area (Å²) in [6.45, 7) is 0. The first kappa shape index (κ1) is 8.59. The molecule has 1 aromatic carbocycles. The van der Waals surface area contributed by atoms with Gasteiger partial charge in [0, 0.05) is 0 Å². The van der Waals surface area contributed by atoms with Gasteiger partial charge in [0.2, 0.25) is 0 Å². The largest absolute Gasteiger partial charge is 1.00 e. The molecule has 0 spiro atoms. The van der Waals surface area contributed by atoms with E-state index in [0.29, 0.717) is 0 Å². The first-order valence-corrected chi connectivity index (χ1v) is 3.03. The van der Waals surface area contributed by atoms with Gasteiger partial charge in [0.05, 0.1) is 11.0 Å². The zero-order chi connectivity index (χ0) is 6.97. The van der Waals surface area contributed by atoms with Crippen molar-refractivity contribution < 1.29 is 31.0 Å². The van der Waals surface area contributed by atoms with Crippen LogP contribution in [0.15, 0.2) is 29.1 Å². The van der Waals surface area contributed by atoms with E-state index in [1.807, 2.05) is 24.3 Å². The van der Waals surface area contributed by atoms with Gasteiger partial charge in [-0.1, -0.05) is 12.1 Å². The normalized spacial score (nSPS) is 9.45. The number of benzene rings is 1. The zero-order valence-electron chi connectivity index (χ0n) is 7.22. The Morgan fingerprint density at radius 1 is 1.09 bits per heavy atom. The molecule has 0 fully saturated rings. The second-order valence-corrected chi connectivity index (χ2v) is 2.12. The van der Waals surface area contributed by atoms with Gasteiger partial charge in [0.15, 0.2) is 0 Å². The molecule has 2 aromatic rings. The first-order chi connectivity index (χ1) is 4.86. The van der Waals surface area contributed by atoms with Crippen LogP contribution in [0.5, 0.6) is 0 Å². The number of H-pyrrole nitrogens is 2. The molecule has 52 valence electrons. The van der Waals surface area contributed by atoms with E-state index in [4.69, 9.17) is 0 Å². The molecule has 0 amide bonds. The predicted octanol–water partition coefficient (Wildman–Crippen LogP) is -2.03. The summed E-state index contributed by atoms with van der Waals surface area (Å²) in [4.78, 5) is 16.0. The molecule has 4 heteroatoms. The van der Waals surface area contributed by atoms with Crippen LogP contribution in [0.4, 0.5) is 0 Å². The maximum atomic E-state index is 10.7. The van der Waals surface area contributed by atoms with Crippen LogP contribution in [-0.2, 0) is 0 Å². The molecule has 3 nitrogen and oxygen atoms in total. The fourth-order valence-corrected chi connectivity index (χ4v) is 0.977. The zero-order valence-corrected chi connectivity index (χ0v) is 8.22. The van der Waals surface area contributed by atoms with Crippen molar-refractivity contribution in [3.8, 4) is 0 Å². The van der Waals surface area contributed by atoms with Crippen molar-refractivity contribution in [2.24, 2.45) is 0 Å². The fraction of sp³-hybridized carbons (Fsp3) is 0. The molecular weight excluding hydrogens is 151 g/mol. The van der Waals surface area contributed by atoms with Crippen molar-refractivity contribution in [1.29, 1.82) is 0 Å². The minimum Gasteiger partial charge on any atom is -1.00 e. The van der Waals surface area contributed by atoms with Crippen molar-refractivity contribution in [2.75, 3.05) is 0 Å². The van der Waals surface area contributed by atoms with Crippen LogP contribution in [0.3, 0.4) is 0 Å². The Hall–Kier alpha value is -0.510. The van der Waals surface area contributed by atoms with Crippen molar-refractivity contribution in [1.82, 2.24) is 9.97 Å². The maximum absolute atomic E-state index is 10.7. The summed E-state index contributed by atoms with van der Waals surface area (Å²) >= 11 is 0. The molecule has 1 heterocycles. The number of hydrogen-bond donors (Lipinski definition) is 2. The molecule has 0 radical (unpaired) electrons. The van der Waals surface area contributed by atoms with Gasteiger partial charge in [-0.2, -0.15) is 0 Å². The molecule has 11 heavy (non-hydrogen) atoms. The van der Waals surface area contributed by atoms with Gasteiger partial charge in [0.1, 0.15) is 0 Å². The van der Waals surface area contributed by atoms with Gasteiger partial charge in [-0.05, 0) is 12.1 Å². The van der Waals surface area contributed by atoms with E-state index >= 15 is 0 Å². The molecule has 0 aliphatic rings. The molecule has 2 N–H and O–H groups in total. The summed E-state index contributed by atoms with van der Waals surface area (Å²) < 4.78 is 0. The Kier molecular flexibility index (Phi) is 2.54. The summed E-state index contributed by atoms with van der Waals surface area (Å²) in [6, 6.07) is 7.47. The monoisotopic (exact) mass is 158 g/mol. The third kappa shape index (κ3) is 1.56.